The normalized spacial score (nSPS) is 25.5. The number of rotatable bonds is 8. The fraction of sp³-hybridized carbons (Fsp3) is 0.867. The maximum atomic E-state index is 5.64. The van der Waals surface area contributed by atoms with Gasteiger partial charge < -0.3 is 10.1 Å². The van der Waals surface area contributed by atoms with E-state index in [2.05, 4.69) is 18.3 Å². The molecule has 1 aliphatic heterocycles. The lowest BCUT2D eigenvalue weighted by atomic mass is 10.0. The van der Waals surface area contributed by atoms with E-state index in [1.807, 2.05) is 0 Å². The molecule has 0 amide bonds. The SMILES string of the molecule is CC(=CCCNC1CC1)CCCC1CCCO1. The Bertz CT molecular complexity index is 239. The molecule has 1 aliphatic carbocycles. The van der Waals surface area contributed by atoms with E-state index in [-0.39, 0.29) is 0 Å². The first-order valence-electron chi connectivity index (χ1n) is 7.35. The molecule has 1 atom stereocenters. The second kappa shape index (κ2) is 7.17. The zero-order valence-electron chi connectivity index (χ0n) is 11.2. The number of nitrogens with one attached hydrogen (secondary N) is 1. The molecule has 0 aromatic carbocycles. The van der Waals surface area contributed by atoms with E-state index in [9.17, 15) is 0 Å². The summed E-state index contributed by atoms with van der Waals surface area (Å²) in [6.07, 6.45) is 13.3. The van der Waals surface area contributed by atoms with Gasteiger partial charge in [0.05, 0.1) is 6.10 Å². The van der Waals surface area contributed by atoms with Crippen molar-refractivity contribution in [3.05, 3.63) is 11.6 Å². The van der Waals surface area contributed by atoms with Crippen LogP contribution in [-0.4, -0.2) is 25.3 Å². The van der Waals surface area contributed by atoms with Crippen LogP contribution in [0.25, 0.3) is 0 Å². The van der Waals surface area contributed by atoms with Crippen LogP contribution in [-0.2, 0) is 4.74 Å². The van der Waals surface area contributed by atoms with Crippen molar-refractivity contribution in [3.8, 4) is 0 Å². The van der Waals surface area contributed by atoms with E-state index in [4.69, 9.17) is 4.74 Å². The van der Waals surface area contributed by atoms with E-state index in [0.717, 1.165) is 19.2 Å². The Hall–Kier alpha value is -0.340. The van der Waals surface area contributed by atoms with Crippen molar-refractivity contribution in [3.63, 3.8) is 0 Å². The highest BCUT2D eigenvalue weighted by molar-refractivity contribution is 4.98. The third-order valence-electron chi connectivity index (χ3n) is 3.77. The minimum atomic E-state index is 0.569. The van der Waals surface area contributed by atoms with Crippen LogP contribution >= 0.6 is 0 Å². The number of allylic oxidation sites excluding steroid dienone is 1. The predicted octanol–water partition coefficient (Wildman–Crippen LogP) is 3.42. The molecule has 2 aliphatic rings. The predicted molar refractivity (Wildman–Crippen MR) is 72.2 cm³/mol. The van der Waals surface area contributed by atoms with Gasteiger partial charge in [0.1, 0.15) is 0 Å². The molecule has 2 rings (SSSR count). The van der Waals surface area contributed by atoms with Gasteiger partial charge in [-0.1, -0.05) is 11.6 Å². The monoisotopic (exact) mass is 237 g/mol. The fourth-order valence-corrected chi connectivity index (χ4v) is 2.48. The van der Waals surface area contributed by atoms with Crippen LogP contribution in [0.4, 0.5) is 0 Å². The lowest BCUT2D eigenvalue weighted by Crippen LogP contribution is -2.16. The van der Waals surface area contributed by atoms with Gasteiger partial charge in [-0.3, -0.25) is 0 Å². The lowest BCUT2D eigenvalue weighted by molar-refractivity contribution is 0.102. The first-order chi connectivity index (χ1) is 8.34. The van der Waals surface area contributed by atoms with Crippen molar-refractivity contribution in [1.29, 1.82) is 0 Å². The van der Waals surface area contributed by atoms with Gasteiger partial charge in [0.15, 0.2) is 0 Å². The molecule has 0 bridgehead atoms. The highest BCUT2D eigenvalue weighted by Crippen LogP contribution is 2.20. The summed E-state index contributed by atoms with van der Waals surface area (Å²) < 4.78 is 5.64. The van der Waals surface area contributed by atoms with E-state index >= 15 is 0 Å². The quantitative estimate of drug-likeness (QED) is 0.516. The van der Waals surface area contributed by atoms with Gasteiger partial charge in [-0.25, -0.2) is 0 Å². The Morgan fingerprint density at radius 2 is 2.24 bits per heavy atom. The van der Waals surface area contributed by atoms with Gasteiger partial charge in [0, 0.05) is 12.6 Å². The summed E-state index contributed by atoms with van der Waals surface area (Å²) in [5, 5.41) is 3.55. The molecule has 0 aromatic heterocycles. The summed E-state index contributed by atoms with van der Waals surface area (Å²) in [4.78, 5) is 0. The van der Waals surface area contributed by atoms with Crippen LogP contribution in [0.1, 0.15) is 58.3 Å². The molecule has 1 saturated heterocycles. The van der Waals surface area contributed by atoms with Crippen molar-refractivity contribution in [1.82, 2.24) is 5.32 Å². The summed E-state index contributed by atoms with van der Waals surface area (Å²) >= 11 is 0. The van der Waals surface area contributed by atoms with Crippen LogP contribution in [0, 0.1) is 0 Å². The summed E-state index contributed by atoms with van der Waals surface area (Å²) in [5.41, 5.74) is 1.56. The molecular formula is C15H27NO. The molecule has 1 saturated carbocycles. The molecule has 1 unspecified atom stereocenters. The first kappa shape index (κ1) is 13.1. The Kier molecular flexibility index (Phi) is 5.53. The Balaban J connectivity index is 1.46. The molecule has 2 nitrogen and oxygen atoms in total. The van der Waals surface area contributed by atoms with Crippen LogP contribution in [0.15, 0.2) is 11.6 Å². The largest absolute Gasteiger partial charge is 0.378 e. The topological polar surface area (TPSA) is 21.3 Å². The standard InChI is InChI=1S/C15H27NO/c1-13(6-3-11-16-14-9-10-14)5-2-7-15-8-4-12-17-15/h6,14-16H,2-5,7-12H2,1H3. The highest BCUT2D eigenvalue weighted by atomic mass is 16.5. The molecule has 2 fully saturated rings. The Morgan fingerprint density at radius 1 is 1.35 bits per heavy atom. The molecule has 2 heteroatoms. The molecule has 0 spiro atoms. The van der Waals surface area contributed by atoms with Gasteiger partial charge in [-0.2, -0.15) is 0 Å². The van der Waals surface area contributed by atoms with E-state index in [1.165, 1.54) is 51.4 Å². The molecule has 0 radical (unpaired) electrons. The first-order valence-corrected chi connectivity index (χ1v) is 7.35. The van der Waals surface area contributed by atoms with Crippen LogP contribution in [0.3, 0.4) is 0 Å². The minimum Gasteiger partial charge on any atom is -0.378 e. The lowest BCUT2D eigenvalue weighted by Gasteiger charge is -2.08. The van der Waals surface area contributed by atoms with Crippen molar-refractivity contribution in [2.45, 2.75) is 70.4 Å². The summed E-state index contributed by atoms with van der Waals surface area (Å²) in [6, 6.07) is 0.850. The summed E-state index contributed by atoms with van der Waals surface area (Å²) in [6.45, 7) is 4.42. The Labute approximate surface area is 106 Å². The molecule has 1 N–H and O–H groups in total. The van der Waals surface area contributed by atoms with Crippen molar-refractivity contribution in [2.75, 3.05) is 13.2 Å². The van der Waals surface area contributed by atoms with Crippen molar-refractivity contribution in [2.24, 2.45) is 0 Å². The van der Waals surface area contributed by atoms with E-state index in [0.29, 0.717) is 6.10 Å². The van der Waals surface area contributed by atoms with Gasteiger partial charge >= 0.3 is 0 Å². The maximum Gasteiger partial charge on any atom is 0.0576 e. The van der Waals surface area contributed by atoms with Crippen LogP contribution in [0.2, 0.25) is 0 Å². The maximum absolute atomic E-state index is 5.64. The third kappa shape index (κ3) is 5.69. The summed E-state index contributed by atoms with van der Waals surface area (Å²) in [5.74, 6) is 0. The van der Waals surface area contributed by atoms with Gasteiger partial charge in [-0.05, 0) is 64.8 Å². The number of hydrogen-bond acceptors (Lipinski definition) is 2. The summed E-state index contributed by atoms with van der Waals surface area (Å²) in [7, 11) is 0. The second-order valence-corrected chi connectivity index (χ2v) is 5.59. The van der Waals surface area contributed by atoms with Crippen molar-refractivity contribution < 1.29 is 4.74 Å². The zero-order valence-corrected chi connectivity index (χ0v) is 11.2. The Morgan fingerprint density at radius 3 is 2.94 bits per heavy atom. The second-order valence-electron chi connectivity index (χ2n) is 5.59. The van der Waals surface area contributed by atoms with E-state index in [1.54, 1.807) is 5.57 Å². The number of hydrogen-bond donors (Lipinski definition) is 1. The van der Waals surface area contributed by atoms with Crippen LogP contribution in [0.5, 0.6) is 0 Å². The molecule has 98 valence electrons. The van der Waals surface area contributed by atoms with Crippen LogP contribution < -0.4 is 5.32 Å². The molecule has 17 heavy (non-hydrogen) atoms. The zero-order chi connectivity index (χ0) is 11.9. The highest BCUT2D eigenvalue weighted by Gasteiger charge is 2.19. The average molecular weight is 237 g/mol. The van der Waals surface area contributed by atoms with Gasteiger partial charge in [0.25, 0.3) is 0 Å². The van der Waals surface area contributed by atoms with Crippen molar-refractivity contribution >= 4 is 0 Å². The van der Waals surface area contributed by atoms with Gasteiger partial charge in [-0.15, -0.1) is 0 Å². The van der Waals surface area contributed by atoms with Gasteiger partial charge in [0.2, 0.25) is 0 Å². The van der Waals surface area contributed by atoms with E-state index < -0.39 is 0 Å². The molecule has 1 heterocycles. The fourth-order valence-electron chi connectivity index (χ4n) is 2.48. The third-order valence-corrected chi connectivity index (χ3v) is 3.77. The average Bonchev–Trinajstić information content (AvgIpc) is 3.00. The molecule has 0 aromatic rings. The number of ether oxygens (including phenoxy) is 1. The minimum absolute atomic E-state index is 0.569. The molecular weight excluding hydrogens is 210 g/mol. The smallest absolute Gasteiger partial charge is 0.0576 e.